The number of imidazole rings is 1. The fourth-order valence-corrected chi connectivity index (χ4v) is 5.11. The van der Waals surface area contributed by atoms with Crippen LogP contribution in [0.5, 0.6) is 0 Å². The van der Waals surface area contributed by atoms with Gasteiger partial charge in [0.25, 0.3) is 5.56 Å². The van der Waals surface area contributed by atoms with Crippen molar-refractivity contribution in [2.45, 2.75) is 13.3 Å². The third-order valence-corrected chi connectivity index (χ3v) is 7.23. The first-order valence-corrected chi connectivity index (χ1v) is 12.7. The fourth-order valence-electron chi connectivity index (χ4n) is 4.89. The number of para-hydroxylation sites is 1. The topological polar surface area (TPSA) is 83.6 Å². The Morgan fingerprint density at radius 2 is 1.84 bits per heavy atom. The van der Waals surface area contributed by atoms with Crippen molar-refractivity contribution < 1.29 is 0 Å². The van der Waals surface area contributed by atoms with Gasteiger partial charge < -0.3 is 15.1 Å². The maximum absolute atomic E-state index is 13.5. The van der Waals surface area contributed by atoms with Crippen LogP contribution in [0.3, 0.4) is 0 Å². The molecule has 6 rings (SSSR count). The van der Waals surface area contributed by atoms with Crippen LogP contribution in [-0.4, -0.2) is 62.0 Å². The van der Waals surface area contributed by atoms with Crippen LogP contribution in [-0.2, 0) is 6.42 Å². The molecule has 0 unspecified atom stereocenters. The van der Waals surface area contributed by atoms with Gasteiger partial charge in [-0.2, -0.15) is 4.98 Å². The number of aromatic nitrogens is 5. The summed E-state index contributed by atoms with van der Waals surface area (Å²) in [6, 6.07) is 13.6. The first-order valence-electron chi connectivity index (χ1n) is 12.4. The molecular weight excluding hydrogens is 488 g/mol. The number of nitrogens with zero attached hydrogens (tertiary/aromatic N) is 7. The minimum absolute atomic E-state index is 0.279. The molecule has 0 spiro atoms. The Balaban J connectivity index is 1.38. The highest BCUT2D eigenvalue weighted by molar-refractivity contribution is 6.32. The highest BCUT2D eigenvalue weighted by Gasteiger charge is 2.19. The molecule has 1 saturated heterocycles. The van der Waals surface area contributed by atoms with E-state index in [-0.39, 0.29) is 5.56 Å². The summed E-state index contributed by atoms with van der Waals surface area (Å²) in [6.07, 6.45) is 5.90. The molecule has 1 aliphatic heterocycles. The van der Waals surface area contributed by atoms with Gasteiger partial charge in [-0.3, -0.25) is 9.20 Å². The molecule has 0 aliphatic carbocycles. The molecule has 0 amide bonds. The van der Waals surface area contributed by atoms with E-state index in [1.807, 2.05) is 12.1 Å². The number of fused-ring (bicyclic) bond motifs is 3. The molecule has 3 aromatic heterocycles. The van der Waals surface area contributed by atoms with Gasteiger partial charge in [-0.05, 0) is 49.4 Å². The zero-order valence-electron chi connectivity index (χ0n) is 20.7. The summed E-state index contributed by atoms with van der Waals surface area (Å²) in [5.41, 5.74) is 4.21. The maximum Gasteiger partial charge on any atom is 0.270 e. The van der Waals surface area contributed by atoms with Gasteiger partial charge in [-0.15, -0.1) is 0 Å². The van der Waals surface area contributed by atoms with Crippen LogP contribution in [0.4, 0.5) is 17.3 Å². The standard InChI is InChI=1S/C27H27ClN8O/c1-3-18-16-19(8-9-22(18)34-14-12-33(2)13-15-34)31-26-30-17-20-24(32-26)35-11-10-29-27(35)36(25(20)37)23-7-5-4-6-21(23)28/h4-11,16-17H,3,12-15H2,1-2H3,(H,30,31,32). The van der Waals surface area contributed by atoms with E-state index in [0.717, 1.165) is 38.3 Å². The Labute approximate surface area is 219 Å². The van der Waals surface area contributed by atoms with Crippen molar-refractivity contribution in [1.29, 1.82) is 0 Å². The smallest absolute Gasteiger partial charge is 0.270 e. The summed E-state index contributed by atoms with van der Waals surface area (Å²) < 4.78 is 3.27. The van der Waals surface area contributed by atoms with Crippen LogP contribution < -0.4 is 15.8 Å². The summed E-state index contributed by atoms with van der Waals surface area (Å²) >= 11 is 6.41. The fraction of sp³-hybridized carbons (Fsp3) is 0.259. The van der Waals surface area contributed by atoms with Crippen molar-refractivity contribution in [3.8, 4) is 5.69 Å². The van der Waals surface area contributed by atoms with Gasteiger partial charge in [0.2, 0.25) is 11.7 Å². The number of likely N-dealkylation sites (N-methyl/N-ethyl adjacent to an activating group) is 1. The van der Waals surface area contributed by atoms with Crippen LogP contribution in [0.25, 0.3) is 22.5 Å². The van der Waals surface area contributed by atoms with Gasteiger partial charge in [0.15, 0.2) is 5.65 Å². The van der Waals surface area contributed by atoms with Crippen LogP contribution in [0.1, 0.15) is 12.5 Å². The summed E-state index contributed by atoms with van der Waals surface area (Å²) in [5, 5.41) is 4.16. The quantitative estimate of drug-likeness (QED) is 0.377. The number of benzene rings is 2. The number of anilines is 3. The molecule has 9 nitrogen and oxygen atoms in total. The normalized spacial score (nSPS) is 14.5. The monoisotopic (exact) mass is 514 g/mol. The van der Waals surface area contributed by atoms with E-state index in [9.17, 15) is 4.79 Å². The van der Waals surface area contributed by atoms with Gasteiger partial charge in [-0.25, -0.2) is 14.5 Å². The van der Waals surface area contributed by atoms with E-state index in [2.05, 4.69) is 57.3 Å². The lowest BCUT2D eigenvalue weighted by molar-refractivity contribution is 0.312. The van der Waals surface area contributed by atoms with Crippen molar-refractivity contribution in [3.63, 3.8) is 0 Å². The Kier molecular flexibility index (Phi) is 6.02. The van der Waals surface area contributed by atoms with E-state index in [1.165, 1.54) is 15.8 Å². The van der Waals surface area contributed by atoms with Gasteiger partial charge in [0.05, 0.1) is 10.7 Å². The zero-order chi connectivity index (χ0) is 25.5. The molecule has 1 aliphatic rings. The van der Waals surface area contributed by atoms with Crippen LogP contribution in [0, 0.1) is 0 Å². The van der Waals surface area contributed by atoms with Crippen molar-refractivity contribution in [1.82, 2.24) is 28.8 Å². The molecule has 188 valence electrons. The minimum Gasteiger partial charge on any atom is -0.369 e. The third kappa shape index (κ3) is 4.20. The van der Waals surface area contributed by atoms with Crippen molar-refractivity contribution >= 4 is 45.7 Å². The first kappa shape index (κ1) is 23.4. The molecule has 0 bridgehead atoms. The number of aryl methyl sites for hydroxylation is 1. The largest absolute Gasteiger partial charge is 0.369 e. The number of halogens is 1. The van der Waals surface area contributed by atoms with E-state index in [1.54, 1.807) is 35.1 Å². The number of hydrogen-bond acceptors (Lipinski definition) is 7. The van der Waals surface area contributed by atoms with Crippen LogP contribution in [0.2, 0.25) is 5.02 Å². The summed E-state index contributed by atoms with van der Waals surface area (Å²) in [5.74, 6) is 0.840. The summed E-state index contributed by atoms with van der Waals surface area (Å²) in [4.78, 5) is 31.9. The molecule has 4 heterocycles. The molecule has 37 heavy (non-hydrogen) atoms. The van der Waals surface area contributed by atoms with E-state index >= 15 is 0 Å². The predicted octanol–water partition coefficient (Wildman–Crippen LogP) is 4.14. The van der Waals surface area contributed by atoms with Crippen molar-refractivity contribution in [2.75, 3.05) is 43.4 Å². The van der Waals surface area contributed by atoms with Gasteiger partial charge in [0, 0.05) is 56.1 Å². The number of hydrogen-bond donors (Lipinski definition) is 1. The maximum atomic E-state index is 13.5. The van der Waals surface area contributed by atoms with Gasteiger partial charge >= 0.3 is 0 Å². The zero-order valence-corrected chi connectivity index (χ0v) is 21.5. The van der Waals surface area contributed by atoms with Crippen molar-refractivity contribution in [2.24, 2.45) is 0 Å². The van der Waals surface area contributed by atoms with Gasteiger partial charge in [0.1, 0.15) is 5.39 Å². The number of nitrogens with one attached hydrogen (secondary N) is 1. The van der Waals surface area contributed by atoms with E-state index in [4.69, 9.17) is 16.6 Å². The molecule has 10 heteroatoms. The van der Waals surface area contributed by atoms with Crippen molar-refractivity contribution in [3.05, 3.63) is 82.0 Å². The second-order valence-corrected chi connectivity index (χ2v) is 9.64. The van der Waals surface area contributed by atoms with E-state index < -0.39 is 0 Å². The first-order chi connectivity index (χ1) is 18.0. The molecule has 1 N–H and O–H groups in total. The molecule has 0 radical (unpaired) electrons. The minimum atomic E-state index is -0.279. The molecule has 5 aromatic rings. The van der Waals surface area contributed by atoms with Gasteiger partial charge in [-0.1, -0.05) is 30.7 Å². The molecule has 0 atom stereocenters. The highest BCUT2D eigenvalue weighted by Crippen LogP contribution is 2.28. The average molecular weight is 515 g/mol. The summed E-state index contributed by atoms with van der Waals surface area (Å²) in [7, 11) is 2.16. The SMILES string of the molecule is CCc1cc(Nc2ncc3c(=O)n(-c4ccccc4Cl)c4nccn4c3n2)ccc1N1CCN(C)CC1. The van der Waals surface area contributed by atoms with Crippen LogP contribution >= 0.6 is 11.6 Å². The second kappa shape index (κ2) is 9.49. The van der Waals surface area contributed by atoms with E-state index in [0.29, 0.717) is 33.5 Å². The molecule has 0 saturated carbocycles. The molecule has 2 aromatic carbocycles. The highest BCUT2D eigenvalue weighted by atomic mass is 35.5. The average Bonchev–Trinajstić information content (AvgIpc) is 3.40. The lowest BCUT2D eigenvalue weighted by atomic mass is 10.1. The predicted molar refractivity (Wildman–Crippen MR) is 148 cm³/mol. The lowest BCUT2D eigenvalue weighted by Gasteiger charge is -2.35. The van der Waals surface area contributed by atoms with Crippen LogP contribution in [0.15, 0.2) is 65.8 Å². The number of piperazine rings is 1. The lowest BCUT2D eigenvalue weighted by Crippen LogP contribution is -2.44. The Morgan fingerprint density at radius 1 is 1.03 bits per heavy atom. The molecule has 1 fully saturated rings. The Morgan fingerprint density at radius 3 is 2.62 bits per heavy atom. The molecular formula is C27H27ClN8O. The summed E-state index contributed by atoms with van der Waals surface area (Å²) in [6.45, 7) is 6.35. The Bertz CT molecular complexity index is 1670. The third-order valence-electron chi connectivity index (χ3n) is 6.91. The second-order valence-electron chi connectivity index (χ2n) is 9.23. The number of rotatable bonds is 5. The Hall–Kier alpha value is -3.95.